The summed E-state index contributed by atoms with van der Waals surface area (Å²) in [5.41, 5.74) is 0. The van der Waals surface area contributed by atoms with Gasteiger partial charge in [0.1, 0.15) is 6.04 Å². The van der Waals surface area contributed by atoms with Gasteiger partial charge in [0.2, 0.25) is 0 Å². The molecule has 1 amide bonds. The van der Waals surface area contributed by atoms with Crippen LogP contribution in [0.5, 0.6) is 0 Å². The van der Waals surface area contributed by atoms with Crippen LogP contribution < -0.4 is 34.3 Å². The molecular weight excluding hydrogens is 227 g/mol. The normalized spacial score (nSPS) is 25.1. The summed E-state index contributed by atoms with van der Waals surface area (Å²) in [5, 5.41) is 0. The van der Waals surface area contributed by atoms with Crippen molar-refractivity contribution in [2.75, 3.05) is 7.05 Å². The van der Waals surface area contributed by atoms with Crippen LogP contribution in [-0.4, -0.2) is 31.7 Å². The zero-order chi connectivity index (χ0) is 10.9. The maximum atomic E-state index is 11.3. The molecule has 0 radical (unpaired) electrons. The van der Waals surface area contributed by atoms with Gasteiger partial charge in [0, 0.05) is 7.05 Å². The Balaban J connectivity index is 0. The Bertz CT molecular complexity index is 334. The van der Waals surface area contributed by atoms with E-state index in [1.807, 2.05) is 18.6 Å². The largest absolute Gasteiger partial charge is 1.00 e. The van der Waals surface area contributed by atoms with Crippen molar-refractivity contribution in [3.8, 4) is 0 Å². The predicted molar refractivity (Wildman–Crippen MR) is 53.8 cm³/mol. The van der Waals surface area contributed by atoms with E-state index in [1.54, 1.807) is 0 Å². The van der Waals surface area contributed by atoms with Crippen LogP contribution in [0.15, 0.2) is 0 Å². The van der Waals surface area contributed by atoms with Crippen LogP contribution in [0.2, 0.25) is 0 Å². The molecule has 5 nitrogen and oxygen atoms in total. The molecule has 1 saturated heterocycles. The van der Waals surface area contributed by atoms with Crippen LogP contribution in [0.1, 0.15) is 28.1 Å². The molecule has 1 unspecified atom stereocenters. The average molecular weight is 244 g/mol. The van der Waals surface area contributed by atoms with Gasteiger partial charge in [-0.3, -0.25) is 4.79 Å². The van der Waals surface area contributed by atoms with Gasteiger partial charge in [-0.05, 0) is 18.8 Å². The second-order valence-electron chi connectivity index (χ2n) is 3.97. The number of hydrogen-bond acceptors (Lipinski definition) is 3. The molecule has 1 rings (SSSR count). The Hall–Kier alpha value is 0.380. The van der Waals surface area contributed by atoms with Crippen molar-refractivity contribution in [3.63, 3.8) is 0 Å². The van der Waals surface area contributed by atoms with Crippen molar-refractivity contribution in [1.29, 1.82) is 0 Å². The van der Waals surface area contributed by atoms with E-state index >= 15 is 0 Å². The Morgan fingerprint density at radius 1 is 1.53 bits per heavy atom. The number of rotatable bonds is 3. The van der Waals surface area contributed by atoms with E-state index < -0.39 is 22.2 Å². The predicted octanol–water partition coefficient (Wildman–Crippen LogP) is -2.79. The molecule has 0 aromatic carbocycles. The van der Waals surface area contributed by atoms with Gasteiger partial charge in [-0.25, -0.2) is 4.72 Å². The molecular formula is C8H17N2NaO3S. The summed E-state index contributed by atoms with van der Waals surface area (Å²) in [6.07, 6.45) is 1.43. The molecule has 1 heterocycles. The van der Waals surface area contributed by atoms with Crippen LogP contribution in [0.3, 0.4) is 0 Å². The van der Waals surface area contributed by atoms with Crippen LogP contribution >= 0.6 is 0 Å². The van der Waals surface area contributed by atoms with Crippen LogP contribution in [0.4, 0.5) is 0 Å². The molecule has 7 heteroatoms. The molecule has 0 aliphatic carbocycles. The first kappa shape index (κ1) is 15.4. The van der Waals surface area contributed by atoms with Crippen LogP contribution in [-0.2, 0) is 15.0 Å². The molecule has 0 aromatic rings. The second-order valence-corrected chi connectivity index (χ2v) is 5.70. The molecule has 84 valence electrons. The third kappa shape index (κ3) is 3.71. The number of amides is 1. The Labute approximate surface area is 115 Å². The van der Waals surface area contributed by atoms with Crippen LogP contribution in [0, 0.1) is 5.92 Å². The van der Waals surface area contributed by atoms with Crippen molar-refractivity contribution >= 4 is 16.1 Å². The van der Waals surface area contributed by atoms with E-state index in [-0.39, 0.29) is 31.0 Å². The molecule has 0 aromatic heterocycles. The summed E-state index contributed by atoms with van der Waals surface area (Å²) in [4.78, 5) is 11.3. The fourth-order valence-electron chi connectivity index (χ4n) is 1.40. The quantitative estimate of drug-likeness (QED) is 0.546. The Morgan fingerprint density at radius 3 is 2.40 bits per heavy atom. The fourth-order valence-corrected chi connectivity index (χ4v) is 2.47. The topological polar surface area (TPSA) is 66.5 Å². The SMILES string of the molecule is CC(C)CCC1C(=O)NS(=O)(=O)N1C.[H-].[Na+]. The van der Waals surface area contributed by atoms with Crippen LogP contribution in [0.25, 0.3) is 0 Å². The van der Waals surface area contributed by atoms with Gasteiger partial charge in [0.25, 0.3) is 5.91 Å². The van der Waals surface area contributed by atoms with Gasteiger partial charge in [0.05, 0.1) is 0 Å². The second kappa shape index (κ2) is 5.63. The van der Waals surface area contributed by atoms with Crippen molar-refractivity contribution in [2.45, 2.75) is 32.7 Å². The summed E-state index contributed by atoms with van der Waals surface area (Å²) < 4.78 is 25.5. The minimum absolute atomic E-state index is 0. The Morgan fingerprint density at radius 2 is 2.07 bits per heavy atom. The van der Waals surface area contributed by atoms with Gasteiger partial charge in [-0.1, -0.05) is 13.8 Å². The fraction of sp³-hybridized carbons (Fsp3) is 0.875. The number of nitrogens with one attached hydrogen (secondary N) is 1. The Kier molecular flexibility index (Phi) is 5.77. The van der Waals surface area contributed by atoms with Crippen molar-refractivity contribution < 1.29 is 44.2 Å². The van der Waals surface area contributed by atoms with E-state index in [2.05, 4.69) is 0 Å². The van der Waals surface area contributed by atoms with Crippen molar-refractivity contribution in [3.05, 3.63) is 0 Å². The summed E-state index contributed by atoms with van der Waals surface area (Å²) >= 11 is 0. The van der Waals surface area contributed by atoms with Gasteiger partial charge >= 0.3 is 39.8 Å². The summed E-state index contributed by atoms with van der Waals surface area (Å²) in [7, 11) is -2.11. The van der Waals surface area contributed by atoms with Gasteiger partial charge in [-0.2, -0.15) is 12.7 Å². The third-order valence-corrected chi connectivity index (χ3v) is 3.84. The monoisotopic (exact) mass is 244 g/mol. The molecule has 0 spiro atoms. The third-order valence-electron chi connectivity index (χ3n) is 2.37. The van der Waals surface area contributed by atoms with E-state index in [1.165, 1.54) is 7.05 Å². The molecule has 0 bridgehead atoms. The summed E-state index contributed by atoms with van der Waals surface area (Å²) in [6, 6.07) is -0.526. The smallest absolute Gasteiger partial charge is 1.00 e. The zero-order valence-corrected chi connectivity index (χ0v) is 12.5. The molecule has 15 heavy (non-hydrogen) atoms. The van der Waals surface area contributed by atoms with E-state index in [4.69, 9.17) is 0 Å². The maximum Gasteiger partial charge on any atom is 1.00 e. The number of carbonyl (C=O) groups is 1. The van der Waals surface area contributed by atoms with Crippen molar-refractivity contribution in [1.82, 2.24) is 9.03 Å². The maximum absolute atomic E-state index is 11.3. The minimum atomic E-state index is -3.54. The first-order chi connectivity index (χ1) is 6.34. The molecule has 1 aliphatic heterocycles. The molecule has 1 aliphatic rings. The summed E-state index contributed by atoms with van der Waals surface area (Å²) in [6.45, 7) is 4.09. The zero-order valence-electron chi connectivity index (χ0n) is 10.6. The number of hydrogen-bond donors (Lipinski definition) is 1. The summed E-state index contributed by atoms with van der Waals surface area (Å²) in [5.74, 6) is 0.0626. The first-order valence-electron chi connectivity index (χ1n) is 4.64. The number of nitrogens with zero attached hydrogens (tertiary/aromatic N) is 1. The molecule has 1 N–H and O–H groups in total. The van der Waals surface area contributed by atoms with Crippen molar-refractivity contribution in [2.24, 2.45) is 5.92 Å². The molecule has 1 fully saturated rings. The van der Waals surface area contributed by atoms with E-state index in [9.17, 15) is 13.2 Å². The van der Waals surface area contributed by atoms with E-state index in [0.717, 1.165) is 10.7 Å². The van der Waals surface area contributed by atoms with Gasteiger partial charge < -0.3 is 1.43 Å². The van der Waals surface area contributed by atoms with Gasteiger partial charge in [0.15, 0.2) is 0 Å². The number of carbonyl (C=O) groups excluding carboxylic acids is 1. The first-order valence-corrected chi connectivity index (χ1v) is 6.08. The standard InChI is InChI=1S/C8H16N2O3S.Na.H/c1-6(2)4-5-7-8(11)9-14(12,13)10(7)3;;/h6-7H,4-5H2,1-3H3,(H,9,11);;/q;+1;-1. The average Bonchev–Trinajstić information content (AvgIpc) is 2.19. The van der Waals surface area contributed by atoms with E-state index in [0.29, 0.717) is 12.3 Å². The van der Waals surface area contributed by atoms with Gasteiger partial charge in [-0.15, -0.1) is 0 Å². The molecule has 0 saturated carbocycles. The number of likely N-dealkylation sites (N-methyl/N-ethyl adjacent to an activating group) is 1. The molecule has 1 atom stereocenters. The minimum Gasteiger partial charge on any atom is -1.00 e.